The van der Waals surface area contributed by atoms with E-state index < -0.39 is 0 Å². The molecule has 0 fully saturated rings. The van der Waals surface area contributed by atoms with Gasteiger partial charge in [-0.25, -0.2) is 4.98 Å². The van der Waals surface area contributed by atoms with Gasteiger partial charge < -0.3 is 5.32 Å². The van der Waals surface area contributed by atoms with Gasteiger partial charge in [0.2, 0.25) is 0 Å². The largest absolute Gasteiger partial charge is 0.355 e. The fourth-order valence-corrected chi connectivity index (χ4v) is 3.12. The Hall–Kier alpha value is -2.46. The topological polar surface area (TPSA) is 37.8 Å². The van der Waals surface area contributed by atoms with Crippen molar-refractivity contribution in [3.63, 3.8) is 0 Å². The van der Waals surface area contributed by atoms with Crippen LogP contribution < -0.4 is 5.32 Å². The zero-order chi connectivity index (χ0) is 14.2. The molecule has 2 aromatic heterocycles. The van der Waals surface area contributed by atoms with Crippen LogP contribution in [0.3, 0.4) is 0 Å². The van der Waals surface area contributed by atoms with E-state index in [4.69, 9.17) is 0 Å². The molecular formula is C17H13N3S. The Labute approximate surface area is 126 Å². The molecular weight excluding hydrogens is 278 g/mol. The molecule has 4 rings (SSSR count). The number of pyridine rings is 1. The molecule has 4 heteroatoms. The van der Waals surface area contributed by atoms with Crippen molar-refractivity contribution in [2.45, 2.75) is 6.92 Å². The Morgan fingerprint density at radius 1 is 0.952 bits per heavy atom. The van der Waals surface area contributed by atoms with Gasteiger partial charge in [-0.05, 0) is 43.3 Å². The summed E-state index contributed by atoms with van der Waals surface area (Å²) in [6.45, 7) is 2.09. The van der Waals surface area contributed by atoms with E-state index in [9.17, 15) is 0 Å². The Morgan fingerprint density at radius 3 is 2.86 bits per heavy atom. The lowest BCUT2D eigenvalue weighted by Crippen LogP contribution is -1.93. The minimum absolute atomic E-state index is 1.00. The van der Waals surface area contributed by atoms with E-state index in [0.717, 1.165) is 27.8 Å². The van der Waals surface area contributed by atoms with Gasteiger partial charge >= 0.3 is 0 Å². The molecule has 2 aromatic carbocycles. The highest BCUT2D eigenvalue weighted by atomic mass is 32.1. The highest BCUT2D eigenvalue weighted by molar-refractivity contribution is 7.16. The molecule has 0 unspecified atom stereocenters. The lowest BCUT2D eigenvalue weighted by Gasteiger charge is -2.10. The van der Waals surface area contributed by atoms with Crippen LogP contribution in [0, 0.1) is 6.92 Å². The van der Waals surface area contributed by atoms with E-state index in [1.54, 1.807) is 11.3 Å². The van der Waals surface area contributed by atoms with E-state index >= 15 is 0 Å². The van der Waals surface area contributed by atoms with Crippen LogP contribution in [0.15, 0.2) is 54.2 Å². The number of hydrogen-bond donors (Lipinski definition) is 1. The van der Waals surface area contributed by atoms with Gasteiger partial charge in [-0.15, -0.1) is 11.3 Å². The lowest BCUT2D eigenvalue weighted by molar-refractivity contribution is 1.39. The van der Waals surface area contributed by atoms with Crippen molar-refractivity contribution < 1.29 is 0 Å². The first kappa shape index (κ1) is 12.3. The molecule has 102 valence electrons. The summed E-state index contributed by atoms with van der Waals surface area (Å²) in [6, 6.07) is 14.6. The van der Waals surface area contributed by atoms with E-state index in [0.29, 0.717) is 0 Å². The molecule has 2 heterocycles. The number of nitrogens with zero attached hydrogens (tertiary/aromatic N) is 2. The Kier molecular flexibility index (Phi) is 2.82. The lowest BCUT2D eigenvalue weighted by atomic mass is 10.1. The van der Waals surface area contributed by atoms with Gasteiger partial charge in [0.25, 0.3) is 0 Å². The van der Waals surface area contributed by atoms with Crippen molar-refractivity contribution in [1.29, 1.82) is 0 Å². The minimum atomic E-state index is 1.00. The van der Waals surface area contributed by atoms with Gasteiger partial charge in [0.1, 0.15) is 0 Å². The first-order valence-electron chi connectivity index (χ1n) is 6.75. The third-order valence-electron chi connectivity index (χ3n) is 3.51. The summed E-state index contributed by atoms with van der Waals surface area (Å²) in [6.07, 6.45) is 1.83. The fourth-order valence-electron chi connectivity index (χ4n) is 2.46. The maximum atomic E-state index is 4.42. The van der Waals surface area contributed by atoms with Crippen LogP contribution in [0.25, 0.3) is 21.1 Å². The molecule has 0 saturated carbocycles. The van der Waals surface area contributed by atoms with Crippen LogP contribution >= 0.6 is 11.3 Å². The minimum Gasteiger partial charge on any atom is -0.355 e. The molecule has 0 atom stereocenters. The summed E-state index contributed by atoms with van der Waals surface area (Å²) in [4.78, 5) is 8.78. The van der Waals surface area contributed by atoms with Crippen LogP contribution in [0.2, 0.25) is 0 Å². The Balaban J connectivity index is 1.81. The fraction of sp³-hybridized carbons (Fsp3) is 0.0588. The highest BCUT2D eigenvalue weighted by Gasteiger charge is 2.04. The normalized spacial score (nSPS) is 11.1. The summed E-state index contributed by atoms with van der Waals surface area (Å²) >= 11 is 1.66. The maximum absolute atomic E-state index is 4.42. The zero-order valence-electron chi connectivity index (χ0n) is 11.5. The van der Waals surface area contributed by atoms with E-state index in [1.807, 2.05) is 17.8 Å². The second-order valence-electron chi connectivity index (χ2n) is 5.04. The van der Waals surface area contributed by atoms with Crippen molar-refractivity contribution in [2.24, 2.45) is 0 Å². The molecule has 0 spiro atoms. The van der Waals surface area contributed by atoms with Gasteiger partial charge in [0.05, 0.1) is 21.2 Å². The zero-order valence-corrected chi connectivity index (χ0v) is 12.3. The quantitative estimate of drug-likeness (QED) is 0.571. The summed E-state index contributed by atoms with van der Waals surface area (Å²) in [7, 11) is 0. The molecule has 0 amide bonds. The number of aryl methyl sites for hydroxylation is 1. The highest BCUT2D eigenvalue weighted by Crippen LogP contribution is 2.28. The second-order valence-corrected chi connectivity index (χ2v) is 5.93. The Bertz CT molecular complexity index is 943. The molecule has 21 heavy (non-hydrogen) atoms. The molecule has 1 N–H and O–H groups in total. The third kappa shape index (κ3) is 2.23. The smallest absolute Gasteiger partial charge is 0.0832 e. The van der Waals surface area contributed by atoms with Gasteiger partial charge in [0, 0.05) is 23.0 Å². The van der Waals surface area contributed by atoms with Crippen molar-refractivity contribution in [1.82, 2.24) is 9.97 Å². The van der Waals surface area contributed by atoms with Crippen LogP contribution in [0.1, 0.15) is 5.56 Å². The van der Waals surface area contributed by atoms with Crippen LogP contribution in [0.4, 0.5) is 11.4 Å². The molecule has 0 aliphatic heterocycles. The predicted octanol–water partition coefficient (Wildman–Crippen LogP) is 4.90. The summed E-state index contributed by atoms with van der Waals surface area (Å²) in [5.41, 5.74) is 7.24. The average molecular weight is 291 g/mol. The van der Waals surface area contributed by atoms with E-state index in [2.05, 4.69) is 58.6 Å². The number of thiazole rings is 1. The SMILES string of the molecule is Cc1ccc2nccc(Nc3ccc4scnc4c3)c2c1. The second kappa shape index (κ2) is 4.82. The number of fused-ring (bicyclic) bond motifs is 2. The number of rotatable bonds is 2. The van der Waals surface area contributed by atoms with Crippen molar-refractivity contribution >= 4 is 43.8 Å². The van der Waals surface area contributed by atoms with Gasteiger partial charge in [-0.3, -0.25) is 4.98 Å². The number of benzene rings is 2. The Morgan fingerprint density at radius 2 is 1.90 bits per heavy atom. The van der Waals surface area contributed by atoms with Crippen molar-refractivity contribution in [3.05, 3.63) is 59.7 Å². The monoisotopic (exact) mass is 291 g/mol. The molecule has 0 aliphatic carbocycles. The summed E-state index contributed by atoms with van der Waals surface area (Å²) in [5, 5.41) is 4.62. The van der Waals surface area contributed by atoms with Crippen molar-refractivity contribution in [2.75, 3.05) is 5.32 Å². The number of nitrogens with one attached hydrogen (secondary N) is 1. The molecule has 0 radical (unpaired) electrons. The number of anilines is 2. The predicted molar refractivity (Wildman–Crippen MR) is 89.4 cm³/mol. The first-order valence-corrected chi connectivity index (χ1v) is 7.63. The van der Waals surface area contributed by atoms with Crippen molar-refractivity contribution in [3.8, 4) is 0 Å². The maximum Gasteiger partial charge on any atom is 0.0832 e. The number of aromatic nitrogens is 2. The van der Waals surface area contributed by atoms with Crippen LogP contribution in [-0.2, 0) is 0 Å². The first-order chi connectivity index (χ1) is 10.3. The van der Waals surface area contributed by atoms with E-state index in [-0.39, 0.29) is 0 Å². The van der Waals surface area contributed by atoms with E-state index in [1.165, 1.54) is 10.3 Å². The molecule has 0 bridgehead atoms. The average Bonchev–Trinajstić information content (AvgIpc) is 2.95. The van der Waals surface area contributed by atoms with Gasteiger partial charge in [0.15, 0.2) is 0 Å². The summed E-state index contributed by atoms with van der Waals surface area (Å²) in [5.74, 6) is 0. The summed E-state index contributed by atoms with van der Waals surface area (Å²) < 4.78 is 1.20. The third-order valence-corrected chi connectivity index (χ3v) is 4.32. The molecule has 0 saturated heterocycles. The molecule has 3 nitrogen and oxygen atoms in total. The number of hydrogen-bond acceptors (Lipinski definition) is 4. The molecule has 0 aliphatic rings. The van der Waals surface area contributed by atoms with Crippen LogP contribution in [-0.4, -0.2) is 9.97 Å². The van der Waals surface area contributed by atoms with Gasteiger partial charge in [-0.2, -0.15) is 0 Å². The standard InChI is InChI=1S/C17H13N3S/c1-11-2-4-14-13(8-11)15(6-7-18-14)20-12-3-5-17-16(9-12)19-10-21-17/h2-10H,1H3,(H,18,20). The van der Waals surface area contributed by atoms with Crippen LogP contribution in [0.5, 0.6) is 0 Å². The van der Waals surface area contributed by atoms with Gasteiger partial charge in [-0.1, -0.05) is 11.6 Å². The molecule has 4 aromatic rings.